The van der Waals surface area contributed by atoms with Crippen LogP contribution >= 0.6 is 0 Å². The van der Waals surface area contributed by atoms with Gasteiger partial charge in [0.1, 0.15) is 17.3 Å². The van der Waals surface area contributed by atoms with E-state index in [1.807, 2.05) is 42.5 Å². The molecule has 0 aliphatic heterocycles. The van der Waals surface area contributed by atoms with Crippen molar-refractivity contribution in [2.75, 3.05) is 0 Å². The minimum absolute atomic E-state index is 0.225. The number of para-hydroxylation sites is 1. The lowest BCUT2D eigenvalue weighted by Crippen LogP contribution is -2.45. The second-order valence-corrected chi connectivity index (χ2v) is 10.1. The van der Waals surface area contributed by atoms with Crippen LogP contribution in [-0.4, -0.2) is 14.8 Å². The molecule has 2 aromatic carbocycles. The number of nitrogens with zero attached hydrogens (tertiary/aromatic N) is 3. The first kappa shape index (κ1) is 21.2. The van der Waals surface area contributed by atoms with Gasteiger partial charge in [-0.1, -0.05) is 44.4 Å². The Hall–Kier alpha value is -2.62. The Morgan fingerprint density at radius 2 is 1.47 bits per heavy atom. The maximum absolute atomic E-state index is 5.94. The van der Waals surface area contributed by atoms with Crippen molar-refractivity contribution in [2.24, 2.45) is 12.5 Å². The zero-order valence-electron chi connectivity index (χ0n) is 19.5. The van der Waals surface area contributed by atoms with Crippen molar-refractivity contribution in [2.45, 2.75) is 76.5 Å². The summed E-state index contributed by atoms with van der Waals surface area (Å²) in [5.41, 5.74) is 1.93. The Labute approximate surface area is 192 Å². The molecule has 1 heterocycles. The molecular weight excluding hydrogens is 394 g/mol. The van der Waals surface area contributed by atoms with Crippen LogP contribution in [0.15, 0.2) is 54.6 Å². The van der Waals surface area contributed by atoms with E-state index in [9.17, 15) is 0 Å². The first-order chi connectivity index (χ1) is 15.6. The topological polar surface area (TPSA) is 39.9 Å². The second-order valence-electron chi connectivity index (χ2n) is 10.1. The van der Waals surface area contributed by atoms with Gasteiger partial charge >= 0.3 is 0 Å². The maximum atomic E-state index is 5.94. The molecule has 168 valence electrons. The fraction of sp³-hybridized carbons (Fsp3) is 0.500. The molecule has 0 radical (unpaired) electrons. The number of benzene rings is 2. The van der Waals surface area contributed by atoms with E-state index in [4.69, 9.17) is 9.84 Å². The van der Waals surface area contributed by atoms with Crippen molar-refractivity contribution >= 4 is 0 Å². The Balaban J connectivity index is 1.30. The zero-order chi connectivity index (χ0) is 22.0. The third kappa shape index (κ3) is 3.96. The second kappa shape index (κ2) is 8.73. The van der Waals surface area contributed by atoms with Crippen LogP contribution in [-0.2, 0) is 12.5 Å². The van der Waals surface area contributed by atoms with Crippen LogP contribution in [0.3, 0.4) is 0 Å². The lowest BCUT2D eigenvalue weighted by molar-refractivity contribution is 0.0250. The van der Waals surface area contributed by atoms with Crippen molar-refractivity contribution in [3.8, 4) is 22.9 Å². The largest absolute Gasteiger partial charge is 0.457 e. The summed E-state index contributed by atoms with van der Waals surface area (Å²) in [5, 5.41) is 9.39. The highest BCUT2D eigenvalue weighted by Gasteiger charge is 2.51. The Morgan fingerprint density at radius 3 is 2.12 bits per heavy atom. The van der Waals surface area contributed by atoms with Crippen LogP contribution in [0, 0.1) is 5.41 Å². The molecule has 0 saturated heterocycles. The minimum atomic E-state index is 0.225. The van der Waals surface area contributed by atoms with Gasteiger partial charge in [-0.05, 0) is 86.8 Å². The lowest BCUT2D eigenvalue weighted by atomic mass is 9.52. The van der Waals surface area contributed by atoms with Gasteiger partial charge in [-0.2, -0.15) is 0 Å². The molecule has 6 rings (SSSR count). The molecule has 0 amide bonds. The minimum Gasteiger partial charge on any atom is -0.457 e. The molecule has 3 aliphatic carbocycles. The van der Waals surface area contributed by atoms with Gasteiger partial charge in [0, 0.05) is 18.0 Å². The summed E-state index contributed by atoms with van der Waals surface area (Å²) >= 11 is 0. The van der Waals surface area contributed by atoms with Crippen LogP contribution in [0.1, 0.15) is 77.0 Å². The Kier molecular flexibility index (Phi) is 5.79. The predicted octanol–water partition coefficient (Wildman–Crippen LogP) is 7.45. The van der Waals surface area contributed by atoms with Gasteiger partial charge in [0.25, 0.3) is 0 Å². The van der Waals surface area contributed by atoms with Gasteiger partial charge in [0.05, 0.1) is 0 Å². The number of aromatic nitrogens is 3. The summed E-state index contributed by atoms with van der Waals surface area (Å²) in [4.78, 5) is 0. The monoisotopic (exact) mass is 429 g/mol. The summed E-state index contributed by atoms with van der Waals surface area (Å²) in [6.45, 7) is 2.31. The van der Waals surface area contributed by atoms with Crippen LogP contribution < -0.4 is 4.74 Å². The van der Waals surface area contributed by atoms with Crippen molar-refractivity contribution in [1.29, 1.82) is 0 Å². The van der Waals surface area contributed by atoms with Gasteiger partial charge in [-0.3, -0.25) is 0 Å². The van der Waals surface area contributed by atoms with Gasteiger partial charge in [0.15, 0.2) is 5.82 Å². The molecule has 0 N–H and O–H groups in total. The molecule has 4 heteroatoms. The lowest BCUT2D eigenvalue weighted by Gasteiger charge is -2.53. The molecule has 3 aromatic rings. The fourth-order valence-corrected chi connectivity index (χ4v) is 6.06. The van der Waals surface area contributed by atoms with E-state index < -0.39 is 0 Å². The fourth-order valence-electron chi connectivity index (χ4n) is 6.06. The molecule has 3 saturated carbocycles. The normalized spacial score (nSPS) is 24.6. The Bertz CT molecular complexity index is 1010. The summed E-state index contributed by atoms with van der Waals surface area (Å²) in [7, 11) is 2.14. The van der Waals surface area contributed by atoms with E-state index in [0.29, 0.717) is 5.41 Å². The predicted molar refractivity (Wildman–Crippen MR) is 129 cm³/mol. The van der Waals surface area contributed by atoms with Crippen LogP contribution in [0.25, 0.3) is 11.4 Å². The molecular formula is C28H35N3O. The van der Waals surface area contributed by atoms with Crippen molar-refractivity contribution < 1.29 is 4.74 Å². The average Bonchev–Trinajstić information content (AvgIpc) is 3.24. The molecule has 0 spiro atoms. The van der Waals surface area contributed by atoms with E-state index in [-0.39, 0.29) is 5.41 Å². The van der Waals surface area contributed by atoms with E-state index in [0.717, 1.165) is 22.9 Å². The van der Waals surface area contributed by atoms with Crippen molar-refractivity contribution in [3.63, 3.8) is 0 Å². The first-order valence-corrected chi connectivity index (χ1v) is 12.4. The highest BCUT2D eigenvalue weighted by atomic mass is 16.5. The SMILES string of the molecule is CCCCCC12CCC(c3nnc(-c4ccc(Oc5ccccc5)cc4)n3C)(CC1)CC2. The Morgan fingerprint density at radius 1 is 0.812 bits per heavy atom. The number of unbranched alkanes of at least 4 members (excludes halogenated alkanes) is 2. The molecule has 1 aromatic heterocycles. The van der Waals surface area contributed by atoms with Crippen molar-refractivity contribution in [3.05, 3.63) is 60.4 Å². The molecule has 0 unspecified atom stereocenters. The van der Waals surface area contributed by atoms with Crippen LogP contribution in [0.4, 0.5) is 0 Å². The van der Waals surface area contributed by atoms with Crippen LogP contribution in [0.5, 0.6) is 11.5 Å². The summed E-state index contributed by atoms with van der Waals surface area (Å²) in [6, 6.07) is 18.1. The molecule has 3 fully saturated rings. The van der Waals surface area contributed by atoms with Crippen LogP contribution in [0.2, 0.25) is 0 Å². The van der Waals surface area contributed by atoms with Crippen molar-refractivity contribution in [1.82, 2.24) is 14.8 Å². The highest BCUT2D eigenvalue weighted by Crippen LogP contribution is 2.59. The summed E-state index contributed by atoms with van der Waals surface area (Å²) in [6.07, 6.45) is 13.5. The zero-order valence-corrected chi connectivity index (χ0v) is 19.5. The molecule has 2 bridgehead atoms. The number of hydrogen-bond acceptors (Lipinski definition) is 3. The molecule has 0 atom stereocenters. The smallest absolute Gasteiger partial charge is 0.163 e. The number of ether oxygens (including phenoxy) is 1. The number of hydrogen-bond donors (Lipinski definition) is 0. The highest BCUT2D eigenvalue weighted by molar-refractivity contribution is 5.57. The average molecular weight is 430 g/mol. The first-order valence-electron chi connectivity index (χ1n) is 12.4. The molecule has 32 heavy (non-hydrogen) atoms. The third-order valence-electron chi connectivity index (χ3n) is 8.15. The summed E-state index contributed by atoms with van der Waals surface area (Å²) in [5.74, 6) is 3.82. The van der Waals surface area contributed by atoms with Gasteiger partial charge in [-0.15, -0.1) is 10.2 Å². The third-order valence-corrected chi connectivity index (χ3v) is 8.15. The van der Waals surface area contributed by atoms with Gasteiger partial charge in [-0.25, -0.2) is 0 Å². The maximum Gasteiger partial charge on any atom is 0.163 e. The van der Waals surface area contributed by atoms with E-state index >= 15 is 0 Å². The number of rotatable bonds is 8. The summed E-state index contributed by atoms with van der Waals surface area (Å²) < 4.78 is 8.19. The molecule has 3 aliphatic rings. The standard InChI is InChI=1S/C28H35N3O/c1-3-4-8-15-27-16-19-28(20-17-27,21-18-27)26-30-29-25(31(26)2)22-11-13-24(14-12-22)32-23-9-6-5-7-10-23/h5-7,9-14H,3-4,8,15-21H2,1-2H3. The van der Waals surface area contributed by atoms with Gasteiger partial charge < -0.3 is 9.30 Å². The van der Waals surface area contributed by atoms with E-state index in [1.54, 1.807) is 0 Å². The number of fused-ring (bicyclic) bond motifs is 3. The van der Waals surface area contributed by atoms with E-state index in [2.05, 4.69) is 35.8 Å². The van der Waals surface area contributed by atoms with Gasteiger partial charge in [0.2, 0.25) is 0 Å². The quantitative estimate of drug-likeness (QED) is 0.349. The molecule has 4 nitrogen and oxygen atoms in total. The van der Waals surface area contributed by atoms with E-state index in [1.165, 1.54) is 70.0 Å².